The average Bonchev–Trinajstić information content (AvgIpc) is 2.73. The Balaban J connectivity index is 2.70. The van der Waals surface area contributed by atoms with Crippen molar-refractivity contribution in [3.8, 4) is 0 Å². The predicted octanol–water partition coefficient (Wildman–Crippen LogP) is 0.358. The number of hydrogen-bond donors (Lipinski definition) is 1. The third-order valence-corrected chi connectivity index (χ3v) is 2.42. The topological polar surface area (TPSA) is 119 Å². The van der Waals surface area contributed by atoms with Gasteiger partial charge in [-0.1, -0.05) is 0 Å². The lowest BCUT2D eigenvalue weighted by molar-refractivity contribution is -0.385. The van der Waals surface area contributed by atoms with Gasteiger partial charge in [0.05, 0.1) is 4.92 Å². The monoisotopic (exact) mass is 270 g/mol. The Hall–Kier alpha value is -2.45. The van der Waals surface area contributed by atoms with Crippen molar-refractivity contribution in [1.82, 2.24) is 14.7 Å². The molecule has 0 aromatic carbocycles. The lowest BCUT2D eigenvalue weighted by atomic mass is 10.3. The molecular formula is C10H14N4O5. The summed E-state index contributed by atoms with van der Waals surface area (Å²) in [7, 11) is 3.26. The van der Waals surface area contributed by atoms with Gasteiger partial charge in [-0.15, -0.1) is 0 Å². The highest BCUT2D eigenvalue weighted by molar-refractivity contribution is 5.89. The smallest absolute Gasteiger partial charge is 0.363 e. The molecule has 0 saturated carbocycles. The summed E-state index contributed by atoms with van der Waals surface area (Å²) in [6.45, 7) is 0.244. The second-order valence-corrected chi connectivity index (χ2v) is 4.08. The first-order valence-electron chi connectivity index (χ1n) is 5.48. The lowest BCUT2D eigenvalue weighted by Gasteiger charge is -2.09. The van der Waals surface area contributed by atoms with Crippen molar-refractivity contribution >= 4 is 17.6 Å². The van der Waals surface area contributed by atoms with Gasteiger partial charge < -0.3 is 10.0 Å². The fourth-order valence-corrected chi connectivity index (χ4v) is 1.43. The number of hydrogen-bond acceptors (Lipinski definition) is 5. The van der Waals surface area contributed by atoms with Crippen molar-refractivity contribution < 1.29 is 19.6 Å². The van der Waals surface area contributed by atoms with E-state index in [4.69, 9.17) is 5.11 Å². The van der Waals surface area contributed by atoms with Crippen molar-refractivity contribution in [2.45, 2.75) is 19.4 Å². The molecule has 0 spiro atoms. The van der Waals surface area contributed by atoms with E-state index in [1.54, 1.807) is 14.1 Å². The van der Waals surface area contributed by atoms with E-state index in [-0.39, 0.29) is 18.9 Å². The molecule has 1 rings (SSSR count). The predicted molar refractivity (Wildman–Crippen MR) is 63.8 cm³/mol. The molecule has 0 bridgehead atoms. The van der Waals surface area contributed by atoms with Crippen LogP contribution in [0.2, 0.25) is 0 Å². The number of carbonyl (C=O) groups excluding carboxylic acids is 1. The maximum Gasteiger partial charge on any atom is 0.363 e. The quantitative estimate of drug-likeness (QED) is 0.588. The van der Waals surface area contributed by atoms with Gasteiger partial charge in [0.25, 0.3) is 0 Å². The number of aryl methyl sites for hydroxylation is 1. The molecule has 19 heavy (non-hydrogen) atoms. The number of carboxylic acid groups (broad SMARTS) is 1. The van der Waals surface area contributed by atoms with Crippen LogP contribution in [0.1, 0.15) is 23.3 Å². The minimum atomic E-state index is -1.45. The number of nitrogens with zero attached hydrogens (tertiary/aromatic N) is 4. The van der Waals surface area contributed by atoms with E-state index in [1.165, 1.54) is 9.58 Å². The zero-order chi connectivity index (χ0) is 14.6. The first-order valence-corrected chi connectivity index (χ1v) is 5.48. The van der Waals surface area contributed by atoms with Crippen molar-refractivity contribution in [2.75, 3.05) is 14.1 Å². The van der Waals surface area contributed by atoms with Gasteiger partial charge in [0.15, 0.2) is 0 Å². The number of nitro groups is 1. The molecule has 9 nitrogen and oxygen atoms in total. The second kappa shape index (κ2) is 5.94. The van der Waals surface area contributed by atoms with E-state index in [0.29, 0.717) is 6.42 Å². The summed E-state index contributed by atoms with van der Waals surface area (Å²) < 4.78 is 1.17. The summed E-state index contributed by atoms with van der Waals surface area (Å²) in [5.74, 6) is -1.52. The standard InChI is InChI=1S/C10H14N4O5/c1-12(2)8(15)4-3-5-13-6-7(14(18)19)9(11-13)10(16)17/h6H,3-5H2,1-2H3,(H,16,17). The van der Waals surface area contributed by atoms with Crippen LogP contribution in [0, 0.1) is 10.1 Å². The second-order valence-electron chi connectivity index (χ2n) is 4.08. The number of carboxylic acids is 1. The fraction of sp³-hybridized carbons (Fsp3) is 0.500. The number of aromatic nitrogens is 2. The average molecular weight is 270 g/mol. The van der Waals surface area contributed by atoms with Gasteiger partial charge in [0.2, 0.25) is 11.6 Å². The van der Waals surface area contributed by atoms with E-state index < -0.39 is 22.3 Å². The summed E-state index contributed by atoms with van der Waals surface area (Å²) in [5, 5.41) is 23.0. The zero-order valence-corrected chi connectivity index (χ0v) is 10.6. The highest BCUT2D eigenvalue weighted by atomic mass is 16.6. The Morgan fingerprint density at radius 3 is 2.58 bits per heavy atom. The molecule has 0 unspecified atom stereocenters. The van der Waals surface area contributed by atoms with Gasteiger partial charge in [0, 0.05) is 27.1 Å². The Morgan fingerprint density at radius 1 is 1.53 bits per heavy atom. The third-order valence-electron chi connectivity index (χ3n) is 2.42. The van der Waals surface area contributed by atoms with Crippen LogP contribution in [0.5, 0.6) is 0 Å². The Bertz CT molecular complexity index is 477. The molecule has 0 radical (unpaired) electrons. The van der Waals surface area contributed by atoms with E-state index in [1.807, 2.05) is 0 Å². The molecule has 0 fully saturated rings. The maximum absolute atomic E-state index is 11.3. The first kappa shape index (κ1) is 14.6. The Kier molecular flexibility index (Phi) is 4.56. The first-order chi connectivity index (χ1) is 8.82. The molecule has 1 N–H and O–H groups in total. The normalized spacial score (nSPS) is 10.2. The molecule has 0 aliphatic carbocycles. The third kappa shape index (κ3) is 3.76. The summed E-state index contributed by atoms with van der Waals surface area (Å²) in [6.07, 6.45) is 1.75. The summed E-state index contributed by atoms with van der Waals surface area (Å²) in [4.78, 5) is 33.4. The number of carbonyl (C=O) groups is 2. The molecule has 1 aromatic rings. The summed E-state index contributed by atoms with van der Waals surface area (Å²) in [5.41, 5.74) is -1.14. The van der Waals surface area contributed by atoms with Crippen LogP contribution in [-0.2, 0) is 11.3 Å². The van der Waals surface area contributed by atoms with Crippen molar-refractivity contribution in [3.05, 3.63) is 22.0 Å². The number of amides is 1. The van der Waals surface area contributed by atoms with Crippen LogP contribution in [0.4, 0.5) is 5.69 Å². The minimum Gasteiger partial charge on any atom is -0.476 e. The molecular weight excluding hydrogens is 256 g/mol. The van der Waals surface area contributed by atoms with Crippen molar-refractivity contribution in [1.29, 1.82) is 0 Å². The molecule has 0 aliphatic heterocycles. The fourth-order valence-electron chi connectivity index (χ4n) is 1.43. The maximum atomic E-state index is 11.3. The van der Waals surface area contributed by atoms with E-state index in [0.717, 1.165) is 6.20 Å². The van der Waals surface area contributed by atoms with Gasteiger partial charge in [-0.2, -0.15) is 5.10 Å². The van der Waals surface area contributed by atoms with Crippen molar-refractivity contribution in [3.63, 3.8) is 0 Å². The van der Waals surface area contributed by atoms with Crippen LogP contribution in [0.15, 0.2) is 6.20 Å². The Labute approximate surface area is 108 Å². The van der Waals surface area contributed by atoms with Gasteiger partial charge in [-0.05, 0) is 6.42 Å². The van der Waals surface area contributed by atoms with Crippen LogP contribution < -0.4 is 0 Å². The van der Waals surface area contributed by atoms with Gasteiger partial charge in [0.1, 0.15) is 6.20 Å². The SMILES string of the molecule is CN(C)C(=O)CCCn1cc([N+](=O)[O-])c(C(=O)O)n1. The lowest BCUT2D eigenvalue weighted by Crippen LogP contribution is -2.21. The largest absolute Gasteiger partial charge is 0.476 e. The zero-order valence-electron chi connectivity index (χ0n) is 10.6. The van der Waals surface area contributed by atoms with E-state index >= 15 is 0 Å². The van der Waals surface area contributed by atoms with Gasteiger partial charge in [-0.3, -0.25) is 19.6 Å². The molecule has 1 amide bonds. The van der Waals surface area contributed by atoms with Gasteiger partial charge in [-0.25, -0.2) is 4.79 Å². The molecule has 1 heterocycles. The van der Waals surface area contributed by atoms with Crippen molar-refractivity contribution in [2.24, 2.45) is 0 Å². The molecule has 1 aromatic heterocycles. The van der Waals surface area contributed by atoms with Crippen LogP contribution >= 0.6 is 0 Å². The summed E-state index contributed by atoms with van der Waals surface area (Å²) in [6, 6.07) is 0. The van der Waals surface area contributed by atoms with Crippen LogP contribution in [0.25, 0.3) is 0 Å². The van der Waals surface area contributed by atoms with Crippen LogP contribution in [0.3, 0.4) is 0 Å². The molecule has 0 saturated heterocycles. The highest BCUT2D eigenvalue weighted by Gasteiger charge is 2.24. The number of rotatable bonds is 6. The van der Waals surface area contributed by atoms with E-state index in [2.05, 4.69) is 5.10 Å². The molecule has 0 atom stereocenters. The number of aromatic carboxylic acids is 1. The molecule has 104 valence electrons. The summed E-state index contributed by atoms with van der Waals surface area (Å²) >= 11 is 0. The Morgan fingerprint density at radius 2 is 2.16 bits per heavy atom. The van der Waals surface area contributed by atoms with Gasteiger partial charge >= 0.3 is 11.7 Å². The minimum absolute atomic E-state index is 0.0693. The molecule has 9 heteroatoms. The van der Waals surface area contributed by atoms with E-state index in [9.17, 15) is 19.7 Å². The highest BCUT2D eigenvalue weighted by Crippen LogP contribution is 2.16. The van der Waals surface area contributed by atoms with Crippen LogP contribution in [-0.4, -0.2) is 50.7 Å². The molecule has 0 aliphatic rings.